The van der Waals surface area contributed by atoms with Gasteiger partial charge >= 0.3 is 5.97 Å². The minimum absolute atomic E-state index is 0. The zero-order chi connectivity index (χ0) is 6.73. The van der Waals surface area contributed by atoms with Crippen molar-refractivity contribution >= 4 is 18.4 Å². The van der Waals surface area contributed by atoms with E-state index in [1.807, 2.05) is 0 Å². The highest BCUT2D eigenvalue weighted by Crippen LogP contribution is 1.96. The van der Waals surface area contributed by atoms with Crippen LogP contribution in [0.2, 0.25) is 0 Å². The number of nitrogens with two attached hydrogens (primary N) is 1. The van der Waals surface area contributed by atoms with Gasteiger partial charge < -0.3 is 17.0 Å². The Morgan fingerprint density at radius 2 is 1.80 bits per heavy atom. The molecule has 0 heterocycles. The average molecular weight is 171 g/mol. The van der Waals surface area contributed by atoms with E-state index in [-0.39, 0.29) is 24.5 Å². The molecule has 64 valence electrons. The smallest absolute Gasteiger partial charge is 0.320 e. The lowest BCUT2D eigenvalue weighted by Gasteiger charge is -2.07. The van der Waals surface area contributed by atoms with Gasteiger partial charge in [-0.25, -0.2) is 0 Å². The first-order valence-corrected chi connectivity index (χ1v) is 2.54. The second kappa shape index (κ2) is 6.80. The number of hydrogen-bond acceptors (Lipinski definition) is 3. The molecule has 0 aliphatic carbocycles. The summed E-state index contributed by atoms with van der Waals surface area (Å²) in [6, 6.07) is -0.713. The molecule has 0 aromatic carbocycles. The fraction of sp³-hybridized carbons (Fsp3) is 0.800. The Hall–Kier alpha value is -0.320. The van der Waals surface area contributed by atoms with Gasteiger partial charge in [-0.05, 0) is 5.92 Å². The summed E-state index contributed by atoms with van der Waals surface area (Å²) in [4.78, 5) is 10.0. The molecule has 5 heteroatoms. The van der Waals surface area contributed by atoms with Gasteiger partial charge in [0.2, 0.25) is 0 Å². The maximum atomic E-state index is 10.0. The first-order valence-electron chi connectivity index (χ1n) is 2.54. The molecule has 0 saturated carbocycles. The van der Waals surface area contributed by atoms with E-state index >= 15 is 0 Å². The zero-order valence-electron chi connectivity index (χ0n) is 6.20. The summed E-state index contributed by atoms with van der Waals surface area (Å²) >= 11 is 0. The lowest BCUT2D eigenvalue weighted by Crippen LogP contribution is -2.34. The van der Waals surface area contributed by atoms with Crippen molar-refractivity contribution in [2.24, 2.45) is 11.7 Å². The van der Waals surface area contributed by atoms with E-state index in [1.165, 1.54) is 0 Å². The number of halogens is 1. The maximum absolute atomic E-state index is 10.0. The third-order valence-corrected chi connectivity index (χ3v) is 1.00. The molecule has 0 spiro atoms. The molecule has 0 saturated heterocycles. The highest BCUT2D eigenvalue weighted by atomic mass is 35.5. The Balaban J connectivity index is -0.000000245. The molecule has 0 bridgehead atoms. The van der Waals surface area contributed by atoms with Crippen LogP contribution in [0.4, 0.5) is 0 Å². The summed E-state index contributed by atoms with van der Waals surface area (Å²) in [6.07, 6.45) is 0. The van der Waals surface area contributed by atoms with Crippen molar-refractivity contribution < 1.29 is 9.90 Å². The SMILES string of the molecule is CC(C)[C@H](N)C(=O)O.Cl.N. The van der Waals surface area contributed by atoms with Crippen LogP contribution in [-0.4, -0.2) is 17.1 Å². The average Bonchev–Trinajstić information content (AvgIpc) is 1.64. The predicted octanol–water partition coefficient (Wildman–Crippen LogP) is 0.638. The Kier molecular flexibility index (Phi) is 11.1. The lowest BCUT2D eigenvalue weighted by atomic mass is 10.1. The number of rotatable bonds is 2. The number of aliphatic carboxylic acids is 1. The Morgan fingerprint density at radius 1 is 1.50 bits per heavy atom. The van der Waals surface area contributed by atoms with E-state index in [0.29, 0.717) is 0 Å². The third-order valence-electron chi connectivity index (χ3n) is 1.00. The molecular weight excluding hydrogens is 156 g/mol. The van der Waals surface area contributed by atoms with Gasteiger partial charge in [0, 0.05) is 0 Å². The van der Waals surface area contributed by atoms with Crippen molar-refractivity contribution in [3.8, 4) is 0 Å². The molecule has 0 radical (unpaired) electrons. The molecule has 0 aromatic heterocycles. The fourth-order valence-corrected chi connectivity index (χ4v) is 0.285. The minimum atomic E-state index is -0.931. The first-order chi connectivity index (χ1) is 3.55. The zero-order valence-corrected chi connectivity index (χ0v) is 7.02. The van der Waals surface area contributed by atoms with E-state index in [2.05, 4.69) is 0 Å². The summed E-state index contributed by atoms with van der Waals surface area (Å²) in [5.41, 5.74) is 5.16. The molecule has 0 rings (SSSR count). The van der Waals surface area contributed by atoms with Crippen LogP contribution in [0.1, 0.15) is 13.8 Å². The highest BCUT2D eigenvalue weighted by molar-refractivity contribution is 5.85. The number of carboxylic acids is 1. The summed E-state index contributed by atoms with van der Waals surface area (Å²) in [5.74, 6) is -0.910. The molecule has 4 nitrogen and oxygen atoms in total. The van der Waals surface area contributed by atoms with Crippen LogP contribution in [0.5, 0.6) is 0 Å². The van der Waals surface area contributed by atoms with Crippen LogP contribution in [0.3, 0.4) is 0 Å². The highest BCUT2D eigenvalue weighted by Gasteiger charge is 2.14. The third kappa shape index (κ3) is 5.81. The quantitative estimate of drug-likeness (QED) is 0.566. The molecule has 0 aliphatic heterocycles. The molecule has 6 N–H and O–H groups in total. The number of carboxylic acid groups (broad SMARTS) is 1. The van der Waals surface area contributed by atoms with Gasteiger partial charge in [0.1, 0.15) is 6.04 Å². The van der Waals surface area contributed by atoms with E-state index in [1.54, 1.807) is 13.8 Å². The Labute approximate surface area is 66.8 Å². The summed E-state index contributed by atoms with van der Waals surface area (Å²) in [7, 11) is 0. The molecule has 0 unspecified atom stereocenters. The van der Waals surface area contributed by atoms with E-state index in [0.717, 1.165) is 0 Å². The molecule has 10 heavy (non-hydrogen) atoms. The molecular formula is C5H15ClN2O2. The second-order valence-electron chi connectivity index (χ2n) is 2.11. The van der Waals surface area contributed by atoms with E-state index in [4.69, 9.17) is 10.8 Å². The predicted molar refractivity (Wildman–Crippen MR) is 42.7 cm³/mol. The van der Waals surface area contributed by atoms with Gasteiger partial charge in [0.15, 0.2) is 0 Å². The van der Waals surface area contributed by atoms with Crippen molar-refractivity contribution in [3.05, 3.63) is 0 Å². The van der Waals surface area contributed by atoms with E-state index < -0.39 is 12.0 Å². The van der Waals surface area contributed by atoms with Crippen LogP contribution >= 0.6 is 12.4 Å². The summed E-state index contributed by atoms with van der Waals surface area (Å²) in [6.45, 7) is 3.55. The van der Waals surface area contributed by atoms with Gasteiger partial charge in [-0.15, -0.1) is 12.4 Å². The largest absolute Gasteiger partial charge is 0.480 e. The van der Waals surface area contributed by atoms with Crippen molar-refractivity contribution in [1.82, 2.24) is 6.15 Å². The van der Waals surface area contributed by atoms with Gasteiger partial charge in [0.25, 0.3) is 0 Å². The topological polar surface area (TPSA) is 98.3 Å². The summed E-state index contributed by atoms with van der Waals surface area (Å²) in [5, 5.41) is 8.23. The molecule has 0 aliphatic rings. The van der Waals surface area contributed by atoms with Crippen molar-refractivity contribution in [2.75, 3.05) is 0 Å². The van der Waals surface area contributed by atoms with Crippen molar-refractivity contribution in [2.45, 2.75) is 19.9 Å². The maximum Gasteiger partial charge on any atom is 0.320 e. The second-order valence-corrected chi connectivity index (χ2v) is 2.11. The molecule has 0 aromatic rings. The molecule has 1 atom stereocenters. The standard InChI is InChI=1S/C5H11NO2.ClH.H3N/c1-3(2)4(6)5(7)8;;/h3-4H,6H2,1-2H3,(H,7,8);1H;1H3/t4-;;/m0../s1. The number of carbonyl (C=O) groups is 1. The van der Waals surface area contributed by atoms with Crippen LogP contribution in [0.25, 0.3) is 0 Å². The van der Waals surface area contributed by atoms with Crippen LogP contribution in [0, 0.1) is 5.92 Å². The Bertz CT molecular complexity index is 97.6. The van der Waals surface area contributed by atoms with Gasteiger partial charge in [-0.1, -0.05) is 13.8 Å². The normalized spacial score (nSPS) is 11.2. The van der Waals surface area contributed by atoms with Gasteiger partial charge in [-0.2, -0.15) is 0 Å². The van der Waals surface area contributed by atoms with Gasteiger partial charge in [0.05, 0.1) is 0 Å². The van der Waals surface area contributed by atoms with Crippen molar-refractivity contribution in [3.63, 3.8) is 0 Å². The molecule has 0 amide bonds. The number of hydrogen-bond donors (Lipinski definition) is 3. The lowest BCUT2D eigenvalue weighted by molar-refractivity contribution is -0.139. The Morgan fingerprint density at radius 3 is 1.80 bits per heavy atom. The summed E-state index contributed by atoms with van der Waals surface area (Å²) < 4.78 is 0. The minimum Gasteiger partial charge on any atom is -0.480 e. The van der Waals surface area contributed by atoms with Crippen LogP contribution < -0.4 is 11.9 Å². The molecule has 0 fully saturated rings. The van der Waals surface area contributed by atoms with Crippen LogP contribution in [-0.2, 0) is 4.79 Å². The van der Waals surface area contributed by atoms with Crippen molar-refractivity contribution in [1.29, 1.82) is 0 Å². The monoisotopic (exact) mass is 170 g/mol. The van der Waals surface area contributed by atoms with Crippen LogP contribution in [0.15, 0.2) is 0 Å². The van der Waals surface area contributed by atoms with Gasteiger partial charge in [-0.3, -0.25) is 4.79 Å². The fourth-order valence-electron chi connectivity index (χ4n) is 0.285. The van der Waals surface area contributed by atoms with E-state index in [9.17, 15) is 4.79 Å². The first kappa shape index (κ1) is 16.3.